The second kappa shape index (κ2) is 4.62. The van der Waals surface area contributed by atoms with Gasteiger partial charge in [-0.05, 0) is 12.1 Å². The molecule has 1 saturated heterocycles. The predicted octanol–water partition coefficient (Wildman–Crippen LogP) is 0.799. The second-order valence-electron chi connectivity index (χ2n) is 3.95. The molecular formula is C10H11F3N2O3. The summed E-state index contributed by atoms with van der Waals surface area (Å²) in [5.74, 6) is -0.694. The third-order valence-electron chi connectivity index (χ3n) is 2.42. The van der Waals surface area contributed by atoms with Gasteiger partial charge in [-0.2, -0.15) is 13.2 Å². The normalized spacial score (nSPS) is 20.4. The number of hydroxylamine groups is 2. The van der Waals surface area contributed by atoms with Crippen molar-refractivity contribution in [2.24, 2.45) is 0 Å². The van der Waals surface area contributed by atoms with Gasteiger partial charge in [0.1, 0.15) is 24.9 Å². The molecule has 2 rings (SSSR count). The van der Waals surface area contributed by atoms with Crippen LogP contribution in [0.2, 0.25) is 0 Å². The van der Waals surface area contributed by atoms with Gasteiger partial charge in [-0.25, -0.2) is 5.06 Å². The topological polar surface area (TPSA) is 54.7 Å². The number of alkyl halides is 3. The van der Waals surface area contributed by atoms with E-state index in [1.54, 1.807) is 0 Å². The van der Waals surface area contributed by atoms with Gasteiger partial charge in [0.25, 0.3) is 5.91 Å². The highest BCUT2D eigenvalue weighted by Gasteiger charge is 2.32. The number of β-amino-alcohol motifs (C(OH)–C–C–N with tert-alkyl or cyclic N) is 1. The minimum atomic E-state index is -4.40. The van der Waals surface area contributed by atoms with E-state index in [4.69, 9.17) is 4.84 Å². The summed E-state index contributed by atoms with van der Waals surface area (Å²) in [4.78, 5) is 16.7. The summed E-state index contributed by atoms with van der Waals surface area (Å²) in [6, 6.07) is 2.63. The molecule has 8 heteroatoms. The highest BCUT2D eigenvalue weighted by atomic mass is 19.4. The fourth-order valence-corrected chi connectivity index (χ4v) is 1.68. The largest absolute Gasteiger partial charge is 0.406 e. The summed E-state index contributed by atoms with van der Waals surface area (Å²) >= 11 is 0. The van der Waals surface area contributed by atoms with Crippen LogP contribution in [0.15, 0.2) is 18.3 Å². The van der Waals surface area contributed by atoms with Crippen LogP contribution in [0.3, 0.4) is 0 Å². The lowest BCUT2D eigenvalue weighted by molar-refractivity contribution is -0.141. The molecular weight excluding hydrogens is 253 g/mol. The van der Waals surface area contributed by atoms with Gasteiger partial charge in [-0.1, -0.05) is 0 Å². The van der Waals surface area contributed by atoms with E-state index in [2.05, 4.69) is 0 Å². The molecule has 5 nitrogen and oxygen atoms in total. The molecule has 0 spiro atoms. The third kappa shape index (κ3) is 2.82. The zero-order chi connectivity index (χ0) is 13.3. The Morgan fingerprint density at radius 1 is 1.56 bits per heavy atom. The summed E-state index contributed by atoms with van der Waals surface area (Å²) < 4.78 is 37.7. The second-order valence-corrected chi connectivity index (χ2v) is 3.95. The molecule has 0 radical (unpaired) electrons. The summed E-state index contributed by atoms with van der Waals surface area (Å²) in [7, 11) is 0. The molecule has 2 heterocycles. The van der Waals surface area contributed by atoms with Crippen molar-refractivity contribution in [3.63, 3.8) is 0 Å². The van der Waals surface area contributed by atoms with Crippen molar-refractivity contribution < 1.29 is 27.9 Å². The monoisotopic (exact) mass is 264 g/mol. The maximum absolute atomic E-state index is 12.3. The molecule has 0 bridgehead atoms. The first-order valence-corrected chi connectivity index (χ1v) is 5.21. The Hall–Kier alpha value is -1.54. The number of nitrogens with zero attached hydrogens (tertiary/aromatic N) is 2. The molecule has 1 amide bonds. The number of hydrogen-bond donors (Lipinski definition) is 1. The molecule has 1 aliphatic rings. The van der Waals surface area contributed by atoms with E-state index < -0.39 is 24.7 Å². The molecule has 1 aromatic rings. The smallest absolute Gasteiger partial charge is 0.389 e. The number of amides is 1. The SMILES string of the molecule is O=C(c1cccn1CC(F)(F)F)N1C[C@H](O)CO1. The quantitative estimate of drug-likeness (QED) is 0.859. The van der Waals surface area contributed by atoms with Crippen LogP contribution < -0.4 is 0 Å². The van der Waals surface area contributed by atoms with Crippen LogP contribution in [0.4, 0.5) is 13.2 Å². The Balaban J connectivity index is 2.14. The van der Waals surface area contributed by atoms with E-state index in [-0.39, 0.29) is 18.8 Å². The lowest BCUT2D eigenvalue weighted by atomic mass is 10.3. The van der Waals surface area contributed by atoms with Gasteiger partial charge in [-0.15, -0.1) is 0 Å². The molecule has 18 heavy (non-hydrogen) atoms. The number of aliphatic hydroxyl groups is 1. The van der Waals surface area contributed by atoms with Gasteiger partial charge >= 0.3 is 6.18 Å². The highest BCUT2D eigenvalue weighted by Crippen LogP contribution is 2.20. The van der Waals surface area contributed by atoms with Gasteiger partial charge in [0.15, 0.2) is 0 Å². The molecule has 0 unspecified atom stereocenters. The molecule has 0 aromatic carbocycles. The van der Waals surface area contributed by atoms with E-state index in [1.807, 2.05) is 0 Å². The van der Waals surface area contributed by atoms with Crippen LogP contribution in [0.5, 0.6) is 0 Å². The minimum absolute atomic E-state index is 0.0360. The Bertz CT molecular complexity index is 444. The molecule has 1 aromatic heterocycles. The Kier molecular flexibility index (Phi) is 3.31. The van der Waals surface area contributed by atoms with Crippen LogP contribution in [0.1, 0.15) is 10.5 Å². The van der Waals surface area contributed by atoms with Gasteiger partial charge in [0, 0.05) is 6.20 Å². The van der Waals surface area contributed by atoms with E-state index in [0.29, 0.717) is 0 Å². The first-order valence-electron chi connectivity index (χ1n) is 5.21. The first kappa shape index (κ1) is 12.9. The standard InChI is InChI=1S/C10H11F3N2O3/c11-10(12,13)6-14-3-1-2-8(14)9(17)15-4-7(16)5-18-15/h1-3,7,16H,4-6H2/t7-/m0/s1. The molecule has 0 aliphatic carbocycles. The predicted molar refractivity (Wildman–Crippen MR) is 53.5 cm³/mol. The van der Waals surface area contributed by atoms with Crippen molar-refractivity contribution >= 4 is 5.91 Å². The average molecular weight is 264 g/mol. The van der Waals surface area contributed by atoms with Crippen molar-refractivity contribution in [3.8, 4) is 0 Å². The number of carbonyl (C=O) groups excluding carboxylic acids is 1. The number of hydrogen-bond acceptors (Lipinski definition) is 3. The molecule has 1 N–H and O–H groups in total. The van der Waals surface area contributed by atoms with Gasteiger partial charge in [0.2, 0.25) is 0 Å². The maximum Gasteiger partial charge on any atom is 0.406 e. The van der Waals surface area contributed by atoms with Crippen LogP contribution in [0, 0.1) is 0 Å². The average Bonchev–Trinajstić information content (AvgIpc) is 2.84. The van der Waals surface area contributed by atoms with Crippen molar-refractivity contribution in [1.29, 1.82) is 0 Å². The zero-order valence-corrected chi connectivity index (χ0v) is 9.22. The summed E-state index contributed by atoms with van der Waals surface area (Å²) in [5.41, 5.74) is -0.124. The maximum atomic E-state index is 12.3. The summed E-state index contributed by atoms with van der Waals surface area (Å²) in [5, 5.41) is 10.1. The van der Waals surface area contributed by atoms with E-state index in [0.717, 1.165) is 9.63 Å². The van der Waals surface area contributed by atoms with E-state index >= 15 is 0 Å². The van der Waals surface area contributed by atoms with Crippen molar-refractivity contribution in [2.45, 2.75) is 18.8 Å². The number of rotatable bonds is 2. The summed E-state index contributed by atoms with van der Waals surface area (Å²) in [6.45, 7) is -1.32. The fourth-order valence-electron chi connectivity index (χ4n) is 1.68. The van der Waals surface area contributed by atoms with Crippen molar-refractivity contribution in [1.82, 2.24) is 9.63 Å². The number of aromatic nitrogens is 1. The molecule has 0 saturated carbocycles. The molecule has 1 fully saturated rings. The lowest BCUT2D eigenvalue weighted by Gasteiger charge is -2.16. The van der Waals surface area contributed by atoms with Crippen LogP contribution in [-0.4, -0.2) is 46.1 Å². The minimum Gasteiger partial charge on any atom is -0.389 e. The van der Waals surface area contributed by atoms with Gasteiger partial charge < -0.3 is 9.67 Å². The van der Waals surface area contributed by atoms with E-state index in [1.165, 1.54) is 18.3 Å². The number of halogens is 3. The fraction of sp³-hybridized carbons (Fsp3) is 0.500. The number of aliphatic hydroxyl groups excluding tert-OH is 1. The third-order valence-corrected chi connectivity index (χ3v) is 2.42. The Morgan fingerprint density at radius 3 is 2.83 bits per heavy atom. The van der Waals surface area contributed by atoms with Crippen LogP contribution in [-0.2, 0) is 11.4 Å². The Morgan fingerprint density at radius 2 is 2.28 bits per heavy atom. The van der Waals surface area contributed by atoms with Gasteiger partial charge in [0.05, 0.1) is 6.54 Å². The van der Waals surface area contributed by atoms with Crippen LogP contribution >= 0.6 is 0 Å². The van der Waals surface area contributed by atoms with E-state index in [9.17, 15) is 23.1 Å². The lowest BCUT2D eigenvalue weighted by Crippen LogP contribution is -2.31. The van der Waals surface area contributed by atoms with Crippen molar-refractivity contribution in [2.75, 3.05) is 13.2 Å². The van der Waals surface area contributed by atoms with Crippen molar-refractivity contribution in [3.05, 3.63) is 24.0 Å². The zero-order valence-electron chi connectivity index (χ0n) is 9.22. The highest BCUT2D eigenvalue weighted by molar-refractivity contribution is 5.92. The van der Waals surface area contributed by atoms with Gasteiger partial charge in [-0.3, -0.25) is 9.63 Å². The molecule has 1 atom stereocenters. The molecule has 100 valence electrons. The van der Waals surface area contributed by atoms with Crippen LogP contribution in [0.25, 0.3) is 0 Å². The summed E-state index contributed by atoms with van der Waals surface area (Å²) in [6.07, 6.45) is -4.04. The molecule has 1 aliphatic heterocycles. The Labute approximate surface area is 100 Å². The first-order chi connectivity index (χ1) is 8.37. The number of carbonyl (C=O) groups is 1.